The number of nitrogens with zero attached hydrogens (tertiary/aromatic N) is 3. The number of fused-ring (bicyclic) bond motifs is 1. The molecule has 0 fully saturated rings. The molecule has 5 rings (SSSR count). The van der Waals surface area contributed by atoms with Crippen LogP contribution >= 0.6 is 0 Å². The number of hydrogen-bond acceptors (Lipinski definition) is 3. The first kappa shape index (κ1) is 16.6. The lowest BCUT2D eigenvalue weighted by molar-refractivity contribution is 0.0725. The first-order chi connectivity index (χ1) is 13.8. The van der Waals surface area contributed by atoms with Crippen molar-refractivity contribution in [1.82, 2.24) is 14.7 Å². The second kappa shape index (κ2) is 6.85. The van der Waals surface area contributed by atoms with E-state index in [9.17, 15) is 4.79 Å². The molecule has 5 nitrogen and oxygen atoms in total. The van der Waals surface area contributed by atoms with Gasteiger partial charge in [-0.1, -0.05) is 42.5 Å². The minimum Gasteiger partial charge on any atom is -0.463 e. The number of benzene rings is 2. The second-order valence-corrected chi connectivity index (χ2v) is 6.88. The zero-order valence-electron chi connectivity index (χ0n) is 15.3. The largest absolute Gasteiger partial charge is 0.463 e. The van der Waals surface area contributed by atoms with Crippen LogP contribution in [0.25, 0.3) is 17.1 Å². The van der Waals surface area contributed by atoms with Crippen LogP contribution in [0.3, 0.4) is 0 Å². The number of carbonyl (C=O) groups excluding carboxylic acids is 1. The lowest BCUT2D eigenvalue weighted by atomic mass is 10.00. The quantitative estimate of drug-likeness (QED) is 0.540. The molecule has 0 N–H and O–H groups in total. The van der Waals surface area contributed by atoms with E-state index in [4.69, 9.17) is 4.42 Å². The monoisotopic (exact) mass is 369 g/mol. The van der Waals surface area contributed by atoms with Gasteiger partial charge >= 0.3 is 0 Å². The van der Waals surface area contributed by atoms with Gasteiger partial charge < -0.3 is 9.32 Å². The van der Waals surface area contributed by atoms with E-state index in [-0.39, 0.29) is 5.91 Å². The summed E-state index contributed by atoms with van der Waals surface area (Å²) < 4.78 is 7.20. The van der Waals surface area contributed by atoms with E-state index in [2.05, 4.69) is 23.3 Å². The van der Waals surface area contributed by atoms with E-state index >= 15 is 0 Å². The molecule has 5 heteroatoms. The average Bonchev–Trinajstić information content (AvgIpc) is 3.43. The maximum Gasteiger partial charge on any atom is 0.272 e. The first-order valence-corrected chi connectivity index (χ1v) is 9.35. The van der Waals surface area contributed by atoms with Gasteiger partial charge in [0.2, 0.25) is 0 Å². The highest BCUT2D eigenvalue weighted by Crippen LogP contribution is 2.25. The maximum atomic E-state index is 13.4. The van der Waals surface area contributed by atoms with Crippen LogP contribution in [0.4, 0.5) is 0 Å². The molecule has 2 aromatic carbocycles. The molecule has 0 saturated heterocycles. The Morgan fingerprint density at radius 1 is 0.929 bits per heavy atom. The molecular weight excluding hydrogens is 350 g/mol. The van der Waals surface area contributed by atoms with E-state index in [0.717, 1.165) is 12.1 Å². The predicted octanol–water partition coefficient (Wildman–Crippen LogP) is 4.33. The molecular formula is C23H19N3O2. The van der Waals surface area contributed by atoms with Crippen LogP contribution in [0.5, 0.6) is 0 Å². The van der Waals surface area contributed by atoms with Crippen molar-refractivity contribution < 1.29 is 9.21 Å². The van der Waals surface area contributed by atoms with Gasteiger partial charge in [0.25, 0.3) is 5.91 Å². The van der Waals surface area contributed by atoms with Gasteiger partial charge in [-0.05, 0) is 41.8 Å². The van der Waals surface area contributed by atoms with Crippen molar-refractivity contribution in [3.8, 4) is 17.1 Å². The molecule has 0 unspecified atom stereocenters. The summed E-state index contributed by atoms with van der Waals surface area (Å²) in [5, 5.41) is 4.66. The third kappa shape index (κ3) is 2.91. The number of aromatic nitrogens is 2. The van der Waals surface area contributed by atoms with Crippen molar-refractivity contribution in [2.45, 2.75) is 13.0 Å². The van der Waals surface area contributed by atoms with Crippen LogP contribution in [-0.2, 0) is 13.0 Å². The fourth-order valence-corrected chi connectivity index (χ4v) is 3.68. The van der Waals surface area contributed by atoms with Crippen LogP contribution in [0.15, 0.2) is 83.5 Å². The minimum absolute atomic E-state index is 0.0244. The number of furan rings is 1. The molecule has 138 valence electrons. The van der Waals surface area contributed by atoms with Crippen molar-refractivity contribution in [2.24, 2.45) is 0 Å². The van der Waals surface area contributed by atoms with E-state index in [1.54, 1.807) is 10.9 Å². The zero-order chi connectivity index (χ0) is 18.9. The molecule has 1 aliphatic heterocycles. The Labute approximate surface area is 162 Å². The second-order valence-electron chi connectivity index (χ2n) is 6.88. The molecule has 1 aliphatic rings. The van der Waals surface area contributed by atoms with E-state index in [1.165, 1.54) is 11.1 Å². The van der Waals surface area contributed by atoms with Gasteiger partial charge in [0.15, 0.2) is 5.76 Å². The van der Waals surface area contributed by atoms with Crippen molar-refractivity contribution in [2.75, 3.05) is 6.54 Å². The van der Waals surface area contributed by atoms with Gasteiger partial charge in [0.05, 0.1) is 12.0 Å². The third-order valence-electron chi connectivity index (χ3n) is 5.12. The fraction of sp³-hybridized carbons (Fsp3) is 0.130. The Kier molecular flexibility index (Phi) is 4.05. The summed E-state index contributed by atoms with van der Waals surface area (Å²) in [6, 6.07) is 23.5. The number of hydrogen-bond donors (Lipinski definition) is 0. The van der Waals surface area contributed by atoms with Crippen LogP contribution < -0.4 is 0 Å². The molecule has 4 aromatic rings. The number of carbonyl (C=O) groups is 1. The SMILES string of the molecule is O=C(c1cc(-c2ccco2)nn1-c1ccccc1)N1CCc2ccccc2C1. The van der Waals surface area contributed by atoms with Crippen LogP contribution in [0.1, 0.15) is 21.6 Å². The van der Waals surface area contributed by atoms with Gasteiger partial charge in [-0.2, -0.15) is 5.10 Å². The predicted molar refractivity (Wildman–Crippen MR) is 106 cm³/mol. The van der Waals surface area contributed by atoms with Gasteiger partial charge in [-0.3, -0.25) is 4.79 Å². The lowest BCUT2D eigenvalue weighted by Gasteiger charge is -2.29. The highest BCUT2D eigenvalue weighted by molar-refractivity contribution is 5.94. The molecule has 0 atom stereocenters. The van der Waals surface area contributed by atoms with E-state index < -0.39 is 0 Å². The average molecular weight is 369 g/mol. The minimum atomic E-state index is -0.0244. The Balaban J connectivity index is 1.54. The Morgan fingerprint density at radius 3 is 2.50 bits per heavy atom. The highest BCUT2D eigenvalue weighted by Gasteiger charge is 2.26. The van der Waals surface area contributed by atoms with Gasteiger partial charge in [-0.25, -0.2) is 4.68 Å². The van der Waals surface area contributed by atoms with Gasteiger partial charge in [0.1, 0.15) is 11.4 Å². The van der Waals surface area contributed by atoms with E-state index in [0.29, 0.717) is 30.2 Å². The lowest BCUT2D eigenvalue weighted by Crippen LogP contribution is -2.36. The Bertz CT molecular complexity index is 1110. The molecule has 0 bridgehead atoms. The molecule has 3 heterocycles. The standard InChI is InChI=1S/C23H19N3O2/c27-23(25-13-12-17-7-4-5-8-18(17)16-25)21-15-20(22-11-6-14-28-22)24-26(21)19-9-2-1-3-10-19/h1-11,14-15H,12-13,16H2. The molecule has 0 radical (unpaired) electrons. The summed E-state index contributed by atoms with van der Waals surface area (Å²) in [5.41, 5.74) is 4.56. The fourth-order valence-electron chi connectivity index (χ4n) is 3.68. The van der Waals surface area contributed by atoms with Crippen molar-refractivity contribution in [3.63, 3.8) is 0 Å². The topological polar surface area (TPSA) is 51.3 Å². The summed E-state index contributed by atoms with van der Waals surface area (Å²) >= 11 is 0. The summed E-state index contributed by atoms with van der Waals surface area (Å²) in [7, 11) is 0. The summed E-state index contributed by atoms with van der Waals surface area (Å²) in [5.74, 6) is 0.622. The van der Waals surface area contributed by atoms with Crippen molar-refractivity contribution in [3.05, 3.63) is 95.9 Å². The van der Waals surface area contributed by atoms with Crippen LogP contribution in [0, 0.1) is 0 Å². The summed E-state index contributed by atoms with van der Waals surface area (Å²) in [4.78, 5) is 15.3. The number of rotatable bonds is 3. The highest BCUT2D eigenvalue weighted by atomic mass is 16.3. The number of para-hydroxylation sites is 1. The smallest absolute Gasteiger partial charge is 0.272 e. The number of amides is 1. The summed E-state index contributed by atoms with van der Waals surface area (Å²) in [6.07, 6.45) is 2.48. The van der Waals surface area contributed by atoms with Crippen molar-refractivity contribution >= 4 is 5.91 Å². The van der Waals surface area contributed by atoms with Crippen LogP contribution in [-0.4, -0.2) is 27.1 Å². The summed E-state index contributed by atoms with van der Waals surface area (Å²) in [6.45, 7) is 1.32. The van der Waals surface area contributed by atoms with E-state index in [1.807, 2.05) is 59.5 Å². The van der Waals surface area contributed by atoms with Gasteiger partial charge in [-0.15, -0.1) is 0 Å². The van der Waals surface area contributed by atoms with Crippen LogP contribution in [0.2, 0.25) is 0 Å². The molecule has 2 aromatic heterocycles. The molecule has 0 spiro atoms. The molecule has 0 saturated carbocycles. The maximum absolute atomic E-state index is 13.4. The molecule has 0 aliphatic carbocycles. The third-order valence-corrected chi connectivity index (χ3v) is 5.12. The van der Waals surface area contributed by atoms with Crippen molar-refractivity contribution in [1.29, 1.82) is 0 Å². The Morgan fingerprint density at radius 2 is 1.71 bits per heavy atom. The zero-order valence-corrected chi connectivity index (χ0v) is 15.3. The Hall–Kier alpha value is -3.60. The first-order valence-electron chi connectivity index (χ1n) is 9.35. The normalized spacial score (nSPS) is 13.4. The van der Waals surface area contributed by atoms with Gasteiger partial charge in [0, 0.05) is 19.2 Å². The molecule has 1 amide bonds. The molecule has 28 heavy (non-hydrogen) atoms.